The smallest absolute Gasteiger partial charge is 0.326 e. The lowest BCUT2D eigenvalue weighted by molar-refractivity contribution is -0.140. The Hall–Kier alpha value is -2.09. The Morgan fingerprint density at radius 3 is 2.38 bits per heavy atom. The quantitative estimate of drug-likeness (QED) is 0.702. The molecule has 4 N–H and O–H groups in total. The Kier molecular flexibility index (Phi) is 6.16. The van der Waals surface area contributed by atoms with Gasteiger partial charge in [-0.15, -0.1) is 0 Å². The predicted octanol–water partition coefficient (Wildman–Crippen LogP) is 0.919. The molecule has 0 radical (unpaired) electrons. The van der Waals surface area contributed by atoms with Gasteiger partial charge in [0.2, 0.25) is 5.91 Å². The maximum Gasteiger partial charge on any atom is 0.326 e. The van der Waals surface area contributed by atoms with Crippen molar-refractivity contribution in [1.29, 1.82) is 0 Å². The van der Waals surface area contributed by atoms with E-state index in [2.05, 4.69) is 21.2 Å². The van der Waals surface area contributed by atoms with Crippen molar-refractivity contribution in [1.82, 2.24) is 10.2 Å². The summed E-state index contributed by atoms with van der Waals surface area (Å²) in [6.07, 6.45) is -0.451. The molecule has 1 atom stereocenters. The molecule has 0 aliphatic rings. The molecule has 8 heteroatoms. The lowest BCUT2D eigenvalue weighted by atomic mass is 10.2. The molecule has 1 rings (SSSR count). The normalized spacial score (nSPS) is 11.5. The molecule has 21 heavy (non-hydrogen) atoms. The van der Waals surface area contributed by atoms with E-state index in [4.69, 9.17) is 10.8 Å². The summed E-state index contributed by atoms with van der Waals surface area (Å²) in [5.41, 5.74) is 5.84. The van der Waals surface area contributed by atoms with Crippen molar-refractivity contribution in [3.63, 3.8) is 0 Å². The van der Waals surface area contributed by atoms with Gasteiger partial charge in [-0.3, -0.25) is 4.79 Å². The fourth-order valence-electron chi connectivity index (χ4n) is 1.60. The van der Waals surface area contributed by atoms with Crippen LogP contribution in [0.5, 0.6) is 0 Å². The summed E-state index contributed by atoms with van der Waals surface area (Å²) in [4.78, 5) is 34.9. The Labute approximate surface area is 130 Å². The Morgan fingerprint density at radius 2 is 1.90 bits per heavy atom. The SMILES string of the molecule is CN(Cc1ccc(Br)cc1)C(=O)N[C@H](CC(N)=O)C(=O)O. The first-order valence-electron chi connectivity index (χ1n) is 6.06. The van der Waals surface area contributed by atoms with E-state index in [-0.39, 0.29) is 0 Å². The van der Waals surface area contributed by atoms with Crippen LogP contribution in [0.15, 0.2) is 28.7 Å². The summed E-state index contributed by atoms with van der Waals surface area (Å²) >= 11 is 3.31. The van der Waals surface area contributed by atoms with Gasteiger partial charge in [-0.25, -0.2) is 9.59 Å². The number of hydrogen-bond donors (Lipinski definition) is 3. The van der Waals surface area contributed by atoms with Crippen molar-refractivity contribution in [3.05, 3.63) is 34.3 Å². The van der Waals surface area contributed by atoms with E-state index in [1.807, 2.05) is 24.3 Å². The van der Waals surface area contributed by atoms with Crippen LogP contribution in [0.3, 0.4) is 0 Å². The molecule has 114 valence electrons. The first-order valence-corrected chi connectivity index (χ1v) is 6.86. The highest BCUT2D eigenvalue weighted by atomic mass is 79.9. The minimum Gasteiger partial charge on any atom is -0.480 e. The van der Waals surface area contributed by atoms with Gasteiger partial charge < -0.3 is 21.1 Å². The van der Waals surface area contributed by atoms with Crippen molar-refractivity contribution in [2.24, 2.45) is 5.73 Å². The predicted molar refractivity (Wildman–Crippen MR) is 79.4 cm³/mol. The molecule has 0 unspecified atom stereocenters. The lowest BCUT2D eigenvalue weighted by Gasteiger charge is -2.21. The van der Waals surface area contributed by atoms with E-state index >= 15 is 0 Å². The zero-order valence-electron chi connectivity index (χ0n) is 11.4. The number of nitrogens with one attached hydrogen (secondary N) is 1. The van der Waals surface area contributed by atoms with Crippen LogP contribution in [0.4, 0.5) is 4.79 Å². The van der Waals surface area contributed by atoms with Gasteiger partial charge in [-0.05, 0) is 17.7 Å². The third kappa shape index (κ3) is 5.82. The zero-order chi connectivity index (χ0) is 16.0. The van der Waals surface area contributed by atoms with Gasteiger partial charge in [0.05, 0.1) is 6.42 Å². The Bertz CT molecular complexity index is 533. The topological polar surface area (TPSA) is 113 Å². The number of carbonyl (C=O) groups is 3. The van der Waals surface area contributed by atoms with Gasteiger partial charge in [0.1, 0.15) is 6.04 Å². The number of rotatable bonds is 6. The zero-order valence-corrected chi connectivity index (χ0v) is 13.0. The molecule has 1 aromatic rings. The molecule has 3 amide bonds. The first kappa shape index (κ1) is 17.0. The molecule has 0 heterocycles. The van der Waals surface area contributed by atoms with Gasteiger partial charge in [0.15, 0.2) is 0 Å². The van der Waals surface area contributed by atoms with Gasteiger partial charge >= 0.3 is 12.0 Å². The molecule has 7 nitrogen and oxygen atoms in total. The van der Waals surface area contributed by atoms with Crippen LogP contribution in [0.1, 0.15) is 12.0 Å². The number of benzene rings is 1. The van der Waals surface area contributed by atoms with Crippen LogP contribution < -0.4 is 11.1 Å². The van der Waals surface area contributed by atoms with E-state index in [1.165, 1.54) is 11.9 Å². The number of carbonyl (C=O) groups excluding carboxylic acids is 2. The summed E-state index contributed by atoms with van der Waals surface area (Å²) in [5, 5.41) is 11.2. The number of nitrogens with zero attached hydrogens (tertiary/aromatic N) is 1. The second-order valence-corrected chi connectivity index (χ2v) is 5.41. The third-order valence-corrected chi connectivity index (χ3v) is 3.21. The largest absolute Gasteiger partial charge is 0.480 e. The summed E-state index contributed by atoms with van der Waals surface area (Å²) in [6.45, 7) is 0.308. The van der Waals surface area contributed by atoms with E-state index in [0.717, 1.165) is 10.0 Å². The number of nitrogens with two attached hydrogens (primary N) is 1. The van der Waals surface area contributed by atoms with Gasteiger partial charge in [-0.1, -0.05) is 28.1 Å². The molecule has 0 spiro atoms. The average molecular weight is 358 g/mol. The molecular weight excluding hydrogens is 342 g/mol. The molecule has 0 aliphatic carbocycles. The van der Waals surface area contributed by atoms with E-state index in [0.29, 0.717) is 6.54 Å². The molecule has 0 saturated heterocycles. The summed E-state index contributed by atoms with van der Waals surface area (Å²) in [7, 11) is 1.53. The number of aliphatic carboxylic acids is 1. The van der Waals surface area contributed by atoms with Crippen molar-refractivity contribution in [2.45, 2.75) is 19.0 Å². The Morgan fingerprint density at radius 1 is 1.33 bits per heavy atom. The number of carboxylic acid groups (broad SMARTS) is 1. The van der Waals surface area contributed by atoms with E-state index < -0.39 is 30.4 Å². The third-order valence-electron chi connectivity index (χ3n) is 2.68. The molecule has 0 bridgehead atoms. The standard InChI is InChI=1S/C13H16BrN3O4/c1-17(7-8-2-4-9(14)5-3-8)13(21)16-10(12(19)20)6-11(15)18/h2-5,10H,6-7H2,1H3,(H2,15,18)(H,16,21)(H,19,20)/t10-/m1/s1. The van der Waals surface area contributed by atoms with Crippen molar-refractivity contribution >= 4 is 33.8 Å². The lowest BCUT2D eigenvalue weighted by Crippen LogP contribution is -2.48. The van der Waals surface area contributed by atoms with Crippen LogP contribution in [-0.4, -0.2) is 41.0 Å². The first-order chi connectivity index (χ1) is 9.79. The highest BCUT2D eigenvalue weighted by Crippen LogP contribution is 2.11. The number of amides is 3. The molecule has 0 fully saturated rings. The van der Waals surface area contributed by atoms with Crippen LogP contribution >= 0.6 is 15.9 Å². The second kappa shape index (κ2) is 7.63. The molecule has 1 aromatic carbocycles. The minimum absolute atomic E-state index is 0.308. The number of primary amides is 1. The van der Waals surface area contributed by atoms with Gasteiger partial charge in [-0.2, -0.15) is 0 Å². The van der Waals surface area contributed by atoms with Crippen molar-refractivity contribution in [3.8, 4) is 0 Å². The number of halogens is 1. The van der Waals surface area contributed by atoms with E-state index in [9.17, 15) is 14.4 Å². The second-order valence-electron chi connectivity index (χ2n) is 4.49. The highest BCUT2D eigenvalue weighted by molar-refractivity contribution is 9.10. The van der Waals surface area contributed by atoms with Gasteiger partial charge in [0, 0.05) is 18.1 Å². The minimum atomic E-state index is -1.33. The van der Waals surface area contributed by atoms with E-state index in [1.54, 1.807) is 0 Å². The van der Waals surface area contributed by atoms with Crippen LogP contribution in [0, 0.1) is 0 Å². The monoisotopic (exact) mass is 357 g/mol. The molecule has 0 saturated carbocycles. The molecular formula is C13H16BrN3O4. The summed E-state index contributed by atoms with van der Waals surface area (Å²) in [5.74, 6) is -2.10. The summed E-state index contributed by atoms with van der Waals surface area (Å²) in [6, 6.07) is 5.44. The Balaban J connectivity index is 2.62. The number of carboxylic acids is 1. The number of urea groups is 1. The maximum absolute atomic E-state index is 11.9. The van der Waals surface area contributed by atoms with Crippen LogP contribution in [0.2, 0.25) is 0 Å². The summed E-state index contributed by atoms with van der Waals surface area (Å²) < 4.78 is 0.922. The average Bonchev–Trinajstić information content (AvgIpc) is 2.39. The van der Waals surface area contributed by atoms with Crippen molar-refractivity contribution in [2.75, 3.05) is 7.05 Å². The van der Waals surface area contributed by atoms with Crippen LogP contribution in [-0.2, 0) is 16.1 Å². The highest BCUT2D eigenvalue weighted by Gasteiger charge is 2.23. The van der Waals surface area contributed by atoms with Crippen LogP contribution in [0.25, 0.3) is 0 Å². The fraction of sp³-hybridized carbons (Fsp3) is 0.308. The molecule has 0 aromatic heterocycles. The van der Waals surface area contributed by atoms with Gasteiger partial charge in [0.25, 0.3) is 0 Å². The van der Waals surface area contributed by atoms with Crippen molar-refractivity contribution < 1.29 is 19.5 Å². The fourth-order valence-corrected chi connectivity index (χ4v) is 1.86. The number of hydrogen-bond acceptors (Lipinski definition) is 3. The molecule has 0 aliphatic heterocycles. The maximum atomic E-state index is 11.9.